The molecule has 8 heteroatoms. The fraction of sp³-hybridized carbons (Fsp3) is 0.267. The molecule has 1 aromatic heterocycles. The van der Waals surface area contributed by atoms with Gasteiger partial charge in [-0.1, -0.05) is 30.1 Å². The maximum atomic E-state index is 12.4. The van der Waals surface area contributed by atoms with Crippen molar-refractivity contribution in [1.82, 2.24) is 9.78 Å². The van der Waals surface area contributed by atoms with Gasteiger partial charge in [0.2, 0.25) is 5.91 Å². The van der Waals surface area contributed by atoms with E-state index in [9.17, 15) is 9.59 Å². The molecule has 0 spiro atoms. The van der Waals surface area contributed by atoms with Crippen molar-refractivity contribution in [3.8, 4) is 0 Å². The molecule has 1 atom stereocenters. The van der Waals surface area contributed by atoms with E-state index in [1.807, 2.05) is 6.92 Å². The molecule has 0 bridgehead atoms. The number of amides is 2. The largest absolute Gasteiger partial charge is 0.310 e. The van der Waals surface area contributed by atoms with Gasteiger partial charge in [0, 0.05) is 23.6 Å². The van der Waals surface area contributed by atoms with Gasteiger partial charge >= 0.3 is 0 Å². The van der Waals surface area contributed by atoms with Crippen LogP contribution in [0.4, 0.5) is 11.6 Å². The summed E-state index contributed by atoms with van der Waals surface area (Å²) in [6, 6.07) is 4.68. The second-order valence-electron chi connectivity index (χ2n) is 5.47. The van der Waals surface area contributed by atoms with E-state index < -0.39 is 5.91 Å². The lowest BCUT2D eigenvalue weighted by atomic mass is 9.98. The number of aromatic nitrogens is 2. The van der Waals surface area contributed by atoms with Crippen LogP contribution in [0.2, 0.25) is 10.0 Å². The number of hydrogen-bond acceptors (Lipinski definition) is 3. The van der Waals surface area contributed by atoms with E-state index >= 15 is 0 Å². The first kappa shape index (κ1) is 15.8. The summed E-state index contributed by atoms with van der Waals surface area (Å²) < 4.78 is 1.54. The molecule has 0 unspecified atom stereocenters. The number of nitrogens with one attached hydrogen (secondary N) is 2. The van der Waals surface area contributed by atoms with Crippen LogP contribution in [-0.4, -0.2) is 21.6 Å². The van der Waals surface area contributed by atoms with Crippen molar-refractivity contribution in [2.75, 3.05) is 10.6 Å². The van der Waals surface area contributed by atoms with Crippen LogP contribution in [0.3, 0.4) is 0 Å². The SMILES string of the molecule is C[C@@H]1Cc2c(NC(=O)c3cc(Cl)ccc3Cl)nn(C)c2NC1=O. The smallest absolute Gasteiger partial charge is 0.258 e. The second-order valence-corrected chi connectivity index (χ2v) is 6.32. The summed E-state index contributed by atoms with van der Waals surface area (Å²) in [5.74, 6) is 0.368. The van der Waals surface area contributed by atoms with E-state index in [0.717, 1.165) is 5.56 Å². The summed E-state index contributed by atoms with van der Waals surface area (Å²) in [6.07, 6.45) is 0.508. The first-order valence-electron chi connectivity index (χ1n) is 7.00. The van der Waals surface area contributed by atoms with Gasteiger partial charge in [-0.05, 0) is 24.6 Å². The number of carbonyl (C=O) groups excluding carboxylic acids is 2. The van der Waals surface area contributed by atoms with Crippen LogP contribution in [0.25, 0.3) is 0 Å². The Morgan fingerprint density at radius 2 is 2.17 bits per heavy atom. The second kappa shape index (κ2) is 5.86. The average molecular weight is 353 g/mol. The summed E-state index contributed by atoms with van der Waals surface area (Å²) in [7, 11) is 1.71. The lowest BCUT2D eigenvalue weighted by Crippen LogP contribution is -2.28. The minimum absolute atomic E-state index is 0.0590. The predicted octanol–water partition coefficient (Wildman–Crippen LogP) is 3.11. The van der Waals surface area contributed by atoms with E-state index in [1.165, 1.54) is 10.7 Å². The normalized spacial score (nSPS) is 16.7. The summed E-state index contributed by atoms with van der Waals surface area (Å²) in [6.45, 7) is 1.82. The van der Waals surface area contributed by atoms with Crippen LogP contribution in [-0.2, 0) is 18.3 Å². The lowest BCUT2D eigenvalue weighted by molar-refractivity contribution is -0.119. The van der Waals surface area contributed by atoms with E-state index in [1.54, 1.807) is 19.2 Å². The van der Waals surface area contributed by atoms with Crippen molar-refractivity contribution in [1.29, 1.82) is 0 Å². The molecule has 2 N–H and O–H groups in total. The Kier molecular flexibility index (Phi) is 4.04. The minimum Gasteiger partial charge on any atom is -0.310 e. The average Bonchev–Trinajstić information content (AvgIpc) is 2.78. The number of aryl methyl sites for hydroxylation is 1. The fourth-order valence-corrected chi connectivity index (χ4v) is 2.88. The first-order valence-corrected chi connectivity index (χ1v) is 7.75. The molecule has 0 fully saturated rings. The Hall–Kier alpha value is -2.05. The molecule has 1 aliphatic rings. The van der Waals surface area contributed by atoms with Crippen LogP contribution >= 0.6 is 23.2 Å². The Morgan fingerprint density at radius 3 is 2.91 bits per heavy atom. The highest BCUT2D eigenvalue weighted by atomic mass is 35.5. The highest BCUT2D eigenvalue weighted by molar-refractivity contribution is 6.36. The molecule has 2 amide bonds. The van der Waals surface area contributed by atoms with Gasteiger partial charge in [0.1, 0.15) is 5.82 Å². The molecule has 120 valence electrons. The van der Waals surface area contributed by atoms with Crippen molar-refractivity contribution in [3.63, 3.8) is 0 Å². The van der Waals surface area contributed by atoms with Crippen molar-refractivity contribution >= 4 is 46.7 Å². The van der Waals surface area contributed by atoms with Crippen LogP contribution in [0.15, 0.2) is 18.2 Å². The van der Waals surface area contributed by atoms with Gasteiger partial charge in [-0.15, -0.1) is 0 Å². The van der Waals surface area contributed by atoms with Gasteiger partial charge in [-0.2, -0.15) is 5.10 Å². The number of anilines is 2. The number of halogens is 2. The monoisotopic (exact) mass is 352 g/mol. The summed E-state index contributed by atoms with van der Waals surface area (Å²) in [4.78, 5) is 24.2. The Morgan fingerprint density at radius 1 is 1.43 bits per heavy atom. The molecule has 1 aromatic carbocycles. The molecule has 6 nitrogen and oxygen atoms in total. The third kappa shape index (κ3) is 2.92. The molecule has 23 heavy (non-hydrogen) atoms. The van der Waals surface area contributed by atoms with Crippen LogP contribution in [0.1, 0.15) is 22.8 Å². The number of carbonyl (C=O) groups is 2. The third-order valence-electron chi connectivity index (χ3n) is 3.75. The zero-order valence-electron chi connectivity index (χ0n) is 12.5. The maximum Gasteiger partial charge on any atom is 0.258 e. The quantitative estimate of drug-likeness (QED) is 0.871. The van der Waals surface area contributed by atoms with Crippen molar-refractivity contribution in [2.45, 2.75) is 13.3 Å². The van der Waals surface area contributed by atoms with Gasteiger partial charge in [-0.3, -0.25) is 14.3 Å². The van der Waals surface area contributed by atoms with Gasteiger partial charge in [-0.25, -0.2) is 0 Å². The van der Waals surface area contributed by atoms with Crippen LogP contribution in [0.5, 0.6) is 0 Å². The number of benzene rings is 1. The number of nitrogens with zero attached hydrogens (tertiary/aromatic N) is 2. The summed E-state index contributed by atoms with van der Waals surface area (Å²) >= 11 is 12.0. The molecule has 2 aromatic rings. The van der Waals surface area contributed by atoms with Gasteiger partial charge in [0.05, 0.1) is 10.6 Å². The highest BCUT2D eigenvalue weighted by Gasteiger charge is 2.29. The fourth-order valence-electron chi connectivity index (χ4n) is 2.50. The number of hydrogen-bond donors (Lipinski definition) is 2. The van der Waals surface area contributed by atoms with Crippen LogP contribution in [0, 0.1) is 5.92 Å². The standard InChI is InChI=1S/C15H14Cl2N4O2/c1-7-5-10-12(20-21(2)13(10)19-14(7)22)18-15(23)9-6-8(16)3-4-11(9)17/h3-4,6-7H,5H2,1-2H3,(H,19,22)(H,18,20,23)/t7-/m1/s1. The zero-order chi connectivity index (χ0) is 16.7. The molecular weight excluding hydrogens is 339 g/mol. The lowest BCUT2D eigenvalue weighted by Gasteiger charge is -2.19. The minimum atomic E-state index is -0.400. The molecule has 0 saturated heterocycles. The van der Waals surface area contributed by atoms with Crippen molar-refractivity contribution in [2.24, 2.45) is 13.0 Å². The molecule has 2 heterocycles. The third-order valence-corrected chi connectivity index (χ3v) is 4.31. The summed E-state index contributed by atoms with van der Waals surface area (Å²) in [5.41, 5.74) is 1.07. The van der Waals surface area contributed by atoms with E-state index in [-0.39, 0.29) is 17.4 Å². The number of rotatable bonds is 2. The summed E-state index contributed by atoms with van der Waals surface area (Å²) in [5, 5.41) is 10.5. The highest BCUT2D eigenvalue weighted by Crippen LogP contribution is 2.31. The Labute approximate surface area is 142 Å². The number of fused-ring (bicyclic) bond motifs is 1. The first-order chi connectivity index (χ1) is 10.9. The topological polar surface area (TPSA) is 76.0 Å². The maximum absolute atomic E-state index is 12.4. The predicted molar refractivity (Wildman–Crippen MR) is 89.1 cm³/mol. The van der Waals surface area contributed by atoms with Crippen molar-refractivity contribution < 1.29 is 9.59 Å². The zero-order valence-corrected chi connectivity index (χ0v) is 14.0. The van der Waals surface area contributed by atoms with E-state index in [0.29, 0.717) is 28.1 Å². The molecule has 0 radical (unpaired) electrons. The molecule has 0 aliphatic carbocycles. The molecule has 0 saturated carbocycles. The molecule has 3 rings (SSSR count). The van der Waals surface area contributed by atoms with E-state index in [4.69, 9.17) is 23.2 Å². The Bertz CT molecular complexity index is 816. The van der Waals surface area contributed by atoms with Gasteiger partial charge < -0.3 is 10.6 Å². The molecular formula is C15H14Cl2N4O2. The van der Waals surface area contributed by atoms with Gasteiger partial charge in [0.15, 0.2) is 5.82 Å². The van der Waals surface area contributed by atoms with Crippen molar-refractivity contribution in [3.05, 3.63) is 39.4 Å². The Balaban J connectivity index is 1.92. The van der Waals surface area contributed by atoms with E-state index in [2.05, 4.69) is 15.7 Å². The molecule has 1 aliphatic heterocycles. The van der Waals surface area contributed by atoms with Crippen LogP contribution < -0.4 is 10.6 Å². The van der Waals surface area contributed by atoms with Gasteiger partial charge in [0.25, 0.3) is 5.91 Å².